The molecule has 0 spiro atoms. The number of Topliss-reactive ketones (excluding diaryl/α,β-unsaturated/α-hetero) is 1. The van der Waals surface area contributed by atoms with Gasteiger partial charge in [-0.25, -0.2) is 4.98 Å². The minimum absolute atomic E-state index is 0.0174. The van der Waals surface area contributed by atoms with E-state index in [0.29, 0.717) is 35.1 Å². The van der Waals surface area contributed by atoms with Crippen molar-refractivity contribution in [1.29, 1.82) is 0 Å². The van der Waals surface area contributed by atoms with Gasteiger partial charge >= 0.3 is 0 Å². The van der Waals surface area contributed by atoms with E-state index in [-0.39, 0.29) is 30.7 Å². The first-order valence-corrected chi connectivity index (χ1v) is 10.3. The minimum atomic E-state index is -0.130. The predicted molar refractivity (Wildman–Crippen MR) is 104 cm³/mol. The van der Waals surface area contributed by atoms with Crippen molar-refractivity contribution in [3.05, 3.63) is 59.0 Å². The number of nitrogens with zero attached hydrogens (tertiary/aromatic N) is 1. The lowest BCUT2D eigenvalue weighted by Gasteiger charge is -2.02. The van der Waals surface area contributed by atoms with E-state index in [1.165, 1.54) is 23.1 Å². The van der Waals surface area contributed by atoms with Crippen LogP contribution in [0.1, 0.15) is 21.8 Å². The summed E-state index contributed by atoms with van der Waals surface area (Å²) in [4.78, 5) is 28.8. The number of amides is 1. The van der Waals surface area contributed by atoms with E-state index in [2.05, 4.69) is 10.3 Å². The van der Waals surface area contributed by atoms with Crippen molar-refractivity contribution in [2.45, 2.75) is 17.3 Å². The second-order valence-electron chi connectivity index (χ2n) is 5.92. The number of ether oxygens (including phenoxy) is 2. The van der Waals surface area contributed by atoms with Crippen molar-refractivity contribution in [3.8, 4) is 11.5 Å². The first kappa shape index (κ1) is 18.6. The van der Waals surface area contributed by atoms with Gasteiger partial charge in [0.25, 0.3) is 0 Å². The highest BCUT2D eigenvalue weighted by atomic mass is 32.2. The number of hydrogen-bond acceptors (Lipinski definition) is 8. The van der Waals surface area contributed by atoms with Crippen molar-refractivity contribution >= 4 is 34.8 Å². The third kappa shape index (κ3) is 4.55. The van der Waals surface area contributed by atoms with Crippen molar-refractivity contribution in [1.82, 2.24) is 10.3 Å². The quantitative estimate of drug-likeness (QED) is 0.445. The Labute approximate surface area is 169 Å². The summed E-state index contributed by atoms with van der Waals surface area (Å²) in [5.41, 5.74) is 1.26. The summed E-state index contributed by atoms with van der Waals surface area (Å²) in [6.07, 6.45) is 1.75. The first-order chi connectivity index (χ1) is 13.7. The zero-order valence-corrected chi connectivity index (χ0v) is 16.3. The van der Waals surface area contributed by atoms with Gasteiger partial charge in [0.1, 0.15) is 5.76 Å². The summed E-state index contributed by atoms with van der Waals surface area (Å²) in [6, 6.07) is 8.74. The van der Waals surface area contributed by atoms with Gasteiger partial charge in [0.05, 0.1) is 30.7 Å². The first-order valence-electron chi connectivity index (χ1n) is 8.46. The highest BCUT2D eigenvalue weighted by molar-refractivity contribution is 8.01. The molecule has 3 aromatic rings. The van der Waals surface area contributed by atoms with Crippen LogP contribution in [0.15, 0.2) is 50.7 Å². The minimum Gasteiger partial charge on any atom is -0.467 e. The zero-order chi connectivity index (χ0) is 19.3. The summed E-state index contributed by atoms with van der Waals surface area (Å²) < 4.78 is 16.5. The molecule has 9 heteroatoms. The average Bonchev–Trinajstić information content (AvgIpc) is 3.45. The highest BCUT2D eigenvalue weighted by Crippen LogP contribution is 2.33. The SMILES string of the molecule is O=C(Cc1csc(SCC(=O)c2ccc3c(c2)OCO3)n1)NCc1ccco1. The monoisotopic (exact) mass is 416 g/mol. The molecule has 0 aliphatic carbocycles. The molecule has 1 amide bonds. The molecule has 0 unspecified atom stereocenters. The molecule has 7 nitrogen and oxygen atoms in total. The molecular weight excluding hydrogens is 400 g/mol. The lowest BCUT2D eigenvalue weighted by atomic mass is 10.1. The summed E-state index contributed by atoms with van der Waals surface area (Å²) in [5.74, 6) is 2.06. The third-order valence-corrected chi connectivity index (χ3v) is 6.00. The number of nitrogens with one attached hydrogen (secondary N) is 1. The standard InChI is InChI=1S/C19H16N2O5S2/c22-15(12-3-4-16-17(6-12)26-11-25-16)10-28-19-21-13(9-27-19)7-18(23)20-8-14-2-1-5-24-14/h1-6,9H,7-8,10-11H2,(H,20,23). The van der Waals surface area contributed by atoms with E-state index in [0.717, 1.165) is 4.34 Å². The van der Waals surface area contributed by atoms with E-state index < -0.39 is 0 Å². The Morgan fingerprint density at radius 2 is 2.11 bits per heavy atom. The van der Waals surface area contributed by atoms with E-state index in [4.69, 9.17) is 13.9 Å². The summed E-state index contributed by atoms with van der Waals surface area (Å²) >= 11 is 2.78. The molecule has 3 heterocycles. The number of furan rings is 1. The normalized spacial score (nSPS) is 12.1. The number of fused-ring (bicyclic) bond motifs is 1. The molecule has 2 aromatic heterocycles. The van der Waals surface area contributed by atoms with E-state index in [9.17, 15) is 9.59 Å². The van der Waals surface area contributed by atoms with Crippen LogP contribution < -0.4 is 14.8 Å². The fourth-order valence-electron chi connectivity index (χ4n) is 2.54. The topological polar surface area (TPSA) is 90.7 Å². The van der Waals surface area contributed by atoms with E-state index in [1.54, 1.807) is 36.6 Å². The molecule has 0 bridgehead atoms. The van der Waals surface area contributed by atoms with Gasteiger partial charge in [-0.2, -0.15) is 0 Å². The number of rotatable bonds is 8. The molecular formula is C19H16N2O5S2. The molecule has 4 rings (SSSR count). The van der Waals surface area contributed by atoms with E-state index in [1.807, 2.05) is 5.38 Å². The van der Waals surface area contributed by atoms with Crippen LogP contribution in [0.5, 0.6) is 11.5 Å². The number of carbonyl (C=O) groups is 2. The lowest BCUT2D eigenvalue weighted by molar-refractivity contribution is -0.120. The zero-order valence-electron chi connectivity index (χ0n) is 14.7. The lowest BCUT2D eigenvalue weighted by Crippen LogP contribution is -2.24. The van der Waals surface area contributed by atoms with Gasteiger partial charge in [-0.05, 0) is 30.3 Å². The molecule has 0 radical (unpaired) electrons. The molecule has 0 fully saturated rings. The van der Waals surface area contributed by atoms with Crippen LogP contribution in [0.25, 0.3) is 0 Å². The molecule has 0 atom stereocenters. The maximum atomic E-state index is 12.4. The van der Waals surface area contributed by atoms with Crippen LogP contribution in [0.3, 0.4) is 0 Å². The molecule has 1 aromatic carbocycles. The molecule has 144 valence electrons. The Balaban J connectivity index is 1.26. The maximum absolute atomic E-state index is 12.4. The number of aromatic nitrogens is 1. The van der Waals surface area contributed by atoms with Crippen molar-refractivity contribution < 1.29 is 23.5 Å². The fourth-order valence-corrected chi connectivity index (χ4v) is 4.28. The summed E-state index contributed by atoms with van der Waals surface area (Å²) in [5, 5.41) is 4.62. The molecule has 0 saturated carbocycles. The van der Waals surface area contributed by atoms with Crippen LogP contribution in [-0.2, 0) is 17.8 Å². The van der Waals surface area contributed by atoms with Crippen LogP contribution in [-0.4, -0.2) is 29.2 Å². The number of hydrogen-bond donors (Lipinski definition) is 1. The number of thioether (sulfide) groups is 1. The molecule has 28 heavy (non-hydrogen) atoms. The molecule has 1 N–H and O–H groups in total. The van der Waals surface area contributed by atoms with Gasteiger partial charge in [-0.15, -0.1) is 11.3 Å². The van der Waals surface area contributed by atoms with Gasteiger partial charge in [-0.1, -0.05) is 11.8 Å². The van der Waals surface area contributed by atoms with Crippen LogP contribution in [0.2, 0.25) is 0 Å². The van der Waals surface area contributed by atoms with Crippen LogP contribution in [0.4, 0.5) is 0 Å². The number of benzene rings is 1. The number of thiazole rings is 1. The largest absolute Gasteiger partial charge is 0.467 e. The van der Waals surface area contributed by atoms with Gasteiger partial charge < -0.3 is 19.2 Å². The summed E-state index contributed by atoms with van der Waals surface area (Å²) in [7, 11) is 0. The van der Waals surface area contributed by atoms with Gasteiger partial charge in [-0.3, -0.25) is 9.59 Å². The second-order valence-corrected chi connectivity index (χ2v) is 8.00. The molecule has 1 aliphatic heterocycles. The van der Waals surface area contributed by atoms with Gasteiger partial charge in [0, 0.05) is 10.9 Å². The van der Waals surface area contributed by atoms with Gasteiger partial charge in [0.15, 0.2) is 21.6 Å². The molecule has 1 aliphatic rings. The maximum Gasteiger partial charge on any atom is 0.231 e. The second kappa shape index (κ2) is 8.49. The van der Waals surface area contributed by atoms with Crippen molar-refractivity contribution in [2.24, 2.45) is 0 Å². The summed E-state index contributed by atoms with van der Waals surface area (Å²) in [6.45, 7) is 0.528. The Morgan fingerprint density at radius 1 is 1.21 bits per heavy atom. The van der Waals surface area contributed by atoms with E-state index >= 15 is 0 Å². The van der Waals surface area contributed by atoms with Crippen molar-refractivity contribution in [2.75, 3.05) is 12.5 Å². The Bertz CT molecular complexity index is 984. The Hall–Kier alpha value is -2.78. The van der Waals surface area contributed by atoms with Crippen LogP contribution in [0, 0.1) is 0 Å². The van der Waals surface area contributed by atoms with Crippen LogP contribution >= 0.6 is 23.1 Å². The fraction of sp³-hybridized carbons (Fsp3) is 0.211. The Kier molecular flexibility index (Phi) is 5.63. The highest BCUT2D eigenvalue weighted by Gasteiger charge is 2.17. The molecule has 0 saturated heterocycles. The number of ketones is 1. The van der Waals surface area contributed by atoms with Gasteiger partial charge in [0.2, 0.25) is 12.7 Å². The smallest absolute Gasteiger partial charge is 0.231 e. The average molecular weight is 416 g/mol. The Morgan fingerprint density at radius 3 is 2.96 bits per heavy atom. The van der Waals surface area contributed by atoms with Crippen molar-refractivity contribution in [3.63, 3.8) is 0 Å². The number of carbonyl (C=O) groups excluding carboxylic acids is 2. The predicted octanol–water partition coefficient (Wildman–Crippen LogP) is 3.30. The third-order valence-electron chi connectivity index (χ3n) is 3.93.